The number of hydrogen-bond donors (Lipinski definition) is 0. The average Bonchev–Trinajstić information content (AvgIpc) is 2.70. The van der Waals surface area contributed by atoms with Crippen molar-refractivity contribution in [2.24, 2.45) is 17.3 Å². The molecular formula is C20H32. The van der Waals surface area contributed by atoms with Gasteiger partial charge in [0.25, 0.3) is 0 Å². The molecule has 0 bridgehead atoms. The first-order valence-corrected chi connectivity index (χ1v) is 8.39. The molecule has 0 radical (unpaired) electrons. The lowest BCUT2D eigenvalue weighted by Gasteiger charge is -2.34. The molecule has 0 aromatic heterocycles. The van der Waals surface area contributed by atoms with Gasteiger partial charge in [0.05, 0.1) is 0 Å². The number of hydrogen-bond acceptors (Lipinski definition) is 0. The monoisotopic (exact) mass is 272 g/mol. The molecule has 1 fully saturated rings. The summed E-state index contributed by atoms with van der Waals surface area (Å²) >= 11 is 0. The Morgan fingerprint density at radius 1 is 1.15 bits per heavy atom. The van der Waals surface area contributed by atoms with Crippen LogP contribution < -0.4 is 0 Å². The summed E-state index contributed by atoms with van der Waals surface area (Å²) in [5.74, 6) is 1.58. The predicted molar refractivity (Wildman–Crippen MR) is 89.7 cm³/mol. The van der Waals surface area contributed by atoms with Crippen molar-refractivity contribution in [3.05, 3.63) is 35.5 Å². The van der Waals surface area contributed by atoms with Crippen LogP contribution in [0.1, 0.15) is 72.6 Å². The summed E-state index contributed by atoms with van der Waals surface area (Å²) in [4.78, 5) is 0. The van der Waals surface area contributed by atoms with Crippen LogP contribution in [0.3, 0.4) is 0 Å². The zero-order valence-electron chi connectivity index (χ0n) is 14.0. The Morgan fingerprint density at radius 3 is 2.55 bits per heavy atom. The normalized spacial score (nSPS) is 35.6. The Kier molecular flexibility index (Phi) is 4.94. The maximum Gasteiger partial charge on any atom is -0.0175 e. The van der Waals surface area contributed by atoms with E-state index in [-0.39, 0.29) is 0 Å². The highest BCUT2D eigenvalue weighted by atomic mass is 14.5. The van der Waals surface area contributed by atoms with Gasteiger partial charge in [-0.05, 0) is 83.0 Å². The first-order chi connectivity index (χ1) is 9.42. The van der Waals surface area contributed by atoms with Crippen molar-refractivity contribution < 1.29 is 0 Å². The highest BCUT2D eigenvalue weighted by Crippen LogP contribution is 2.53. The third-order valence-electron chi connectivity index (χ3n) is 5.84. The molecule has 3 atom stereocenters. The smallest absolute Gasteiger partial charge is 0.0175 e. The van der Waals surface area contributed by atoms with Crippen LogP contribution in [0.15, 0.2) is 35.5 Å². The van der Waals surface area contributed by atoms with Gasteiger partial charge in [0.15, 0.2) is 0 Å². The lowest BCUT2D eigenvalue weighted by atomic mass is 9.70. The van der Waals surface area contributed by atoms with Gasteiger partial charge in [-0.25, -0.2) is 0 Å². The fourth-order valence-electron chi connectivity index (χ4n) is 4.29. The Hall–Kier alpha value is -0.780. The van der Waals surface area contributed by atoms with Gasteiger partial charge in [-0.2, -0.15) is 0 Å². The SMILES string of the molecule is C=C(C)[C@H]1CC[C@]2(C)CC=C(C)CCC=C(C)CC[C@@H]12. The third-order valence-corrected chi connectivity index (χ3v) is 5.84. The highest BCUT2D eigenvalue weighted by Gasteiger charge is 2.43. The zero-order chi connectivity index (χ0) is 14.8. The van der Waals surface area contributed by atoms with Crippen molar-refractivity contribution in [2.75, 3.05) is 0 Å². The molecule has 0 N–H and O–H groups in total. The molecule has 20 heavy (non-hydrogen) atoms. The molecule has 2 rings (SSSR count). The van der Waals surface area contributed by atoms with Crippen molar-refractivity contribution in [3.63, 3.8) is 0 Å². The van der Waals surface area contributed by atoms with Crippen molar-refractivity contribution in [1.29, 1.82) is 0 Å². The summed E-state index contributed by atoms with van der Waals surface area (Å²) in [6, 6.07) is 0. The standard InChI is InChI=1S/C20H32/c1-15(2)18-12-14-20(5)13-11-17(4)8-6-7-16(3)9-10-19(18)20/h7,11,18-19H,1,6,8-10,12-14H2,2-5H3/t18-,19+,20+/m1/s1. The van der Waals surface area contributed by atoms with Gasteiger partial charge in [-0.1, -0.05) is 42.4 Å². The van der Waals surface area contributed by atoms with E-state index in [9.17, 15) is 0 Å². The molecule has 2 aliphatic carbocycles. The molecule has 1 saturated carbocycles. The summed E-state index contributed by atoms with van der Waals surface area (Å²) in [6.07, 6.45) is 14.1. The second kappa shape index (κ2) is 6.33. The summed E-state index contributed by atoms with van der Waals surface area (Å²) in [7, 11) is 0. The lowest BCUT2D eigenvalue weighted by molar-refractivity contribution is 0.195. The first-order valence-electron chi connectivity index (χ1n) is 8.39. The Bertz CT molecular complexity index is 423. The molecule has 0 heteroatoms. The van der Waals surface area contributed by atoms with Crippen molar-refractivity contribution >= 4 is 0 Å². The van der Waals surface area contributed by atoms with E-state index in [1.165, 1.54) is 50.5 Å². The fourth-order valence-corrected chi connectivity index (χ4v) is 4.29. The van der Waals surface area contributed by atoms with Gasteiger partial charge in [-0.3, -0.25) is 0 Å². The molecule has 0 aromatic rings. The van der Waals surface area contributed by atoms with Gasteiger partial charge in [-0.15, -0.1) is 0 Å². The van der Waals surface area contributed by atoms with Gasteiger partial charge in [0.1, 0.15) is 0 Å². The van der Waals surface area contributed by atoms with Gasteiger partial charge in [0, 0.05) is 0 Å². The maximum absolute atomic E-state index is 4.28. The van der Waals surface area contributed by atoms with Gasteiger partial charge < -0.3 is 0 Å². The third kappa shape index (κ3) is 3.45. The van der Waals surface area contributed by atoms with E-state index >= 15 is 0 Å². The Balaban J connectivity index is 2.26. The molecule has 0 aromatic carbocycles. The molecule has 0 nitrogen and oxygen atoms in total. The largest absolute Gasteiger partial charge is 0.0999 e. The Morgan fingerprint density at radius 2 is 1.85 bits per heavy atom. The molecule has 112 valence electrons. The molecule has 0 saturated heterocycles. The second-order valence-electron chi connectivity index (χ2n) is 7.63. The summed E-state index contributed by atoms with van der Waals surface area (Å²) in [6.45, 7) is 13.7. The van der Waals surface area contributed by atoms with E-state index in [1.807, 2.05) is 0 Å². The molecule has 0 aliphatic heterocycles. The fraction of sp³-hybridized carbons (Fsp3) is 0.700. The minimum absolute atomic E-state index is 0.496. The number of fused-ring (bicyclic) bond motifs is 1. The zero-order valence-corrected chi connectivity index (χ0v) is 14.0. The summed E-state index contributed by atoms with van der Waals surface area (Å²) < 4.78 is 0. The maximum atomic E-state index is 4.28. The van der Waals surface area contributed by atoms with E-state index in [0.717, 1.165) is 11.8 Å². The molecular weight excluding hydrogens is 240 g/mol. The molecule has 0 unspecified atom stereocenters. The topological polar surface area (TPSA) is 0 Å². The van der Waals surface area contributed by atoms with Gasteiger partial charge >= 0.3 is 0 Å². The molecule has 0 amide bonds. The van der Waals surface area contributed by atoms with Crippen LogP contribution in [0.5, 0.6) is 0 Å². The quantitative estimate of drug-likeness (QED) is 0.481. The second-order valence-corrected chi connectivity index (χ2v) is 7.63. The molecule has 0 spiro atoms. The van der Waals surface area contributed by atoms with Crippen LogP contribution in [0.2, 0.25) is 0 Å². The van der Waals surface area contributed by atoms with Crippen LogP contribution in [0.25, 0.3) is 0 Å². The van der Waals surface area contributed by atoms with Crippen LogP contribution >= 0.6 is 0 Å². The molecule has 0 heterocycles. The van der Waals surface area contributed by atoms with E-state index < -0.39 is 0 Å². The van der Waals surface area contributed by atoms with E-state index in [0.29, 0.717) is 5.41 Å². The van der Waals surface area contributed by atoms with Crippen LogP contribution in [-0.2, 0) is 0 Å². The van der Waals surface area contributed by atoms with E-state index in [2.05, 4.69) is 46.4 Å². The van der Waals surface area contributed by atoms with Crippen LogP contribution in [0.4, 0.5) is 0 Å². The highest BCUT2D eigenvalue weighted by molar-refractivity contribution is 5.13. The summed E-state index contributed by atoms with van der Waals surface area (Å²) in [5.41, 5.74) is 5.08. The van der Waals surface area contributed by atoms with Crippen LogP contribution in [-0.4, -0.2) is 0 Å². The van der Waals surface area contributed by atoms with Gasteiger partial charge in [0.2, 0.25) is 0 Å². The predicted octanol–water partition coefficient (Wildman–Crippen LogP) is 6.45. The van der Waals surface area contributed by atoms with Crippen molar-refractivity contribution in [1.82, 2.24) is 0 Å². The minimum atomic E-state index is 0.496. The molecule has 2 aliphatic rings. The van der Waals surface area contributed by atoms with E-state index in [1.54, 1.807) is 11.1 Å². The number of rotatable bonds is 1. The van der Waals surface area contributed by atoms with E-state index in [4.69, 9.17) is 0 Å². The minimum Gasteiger partial charge on any atom is -0.0999 e. The Labute approximate surface area is 126 Å². The lowest BCUT2D eigenvalue weighted by Crippen LogP contribution is -2.25. The van der Waals surface area contributed by atoms with Crippen molar-refractivity contribution in [2.45, 2.75) is 72.6 Å². The number of allylic oxidation sites excluding steroid dienone is 5. The van der Waals surface area contributed by atoms with Crippen LogP contribution in [0, 0.1) is 17.3 Å². The summed E-state index contributed by atoms with van der Waals surface area (Å²) in [5, 5.41) is 0. The average molecular weight is 272 g/mol. The first kappa shape index (κ1) is 15.6. The van der Waals surface area contributed by atoms with Crippen molar-refractivity contribution in [3.8, 4) is 0 Å².